The van der Waals surface area contributed by atoms with E-state index in [0.717, 1.165) is 35.8 Å². The fourth-order valence-corrected chi connectivity index (χ4v) is 3.11. The molecule has 0 saturated heterocycles. The Hall–Kier alpha value is -3.13. The Morgan fingerprint density at radius 1 is 1.14 bits per heavy atom. The van der Waals surface area contributed by atoms with E-state index in [1.54, 1.807) is 12.5 Å². The van der Waals surface area contributed by atoms with E-state index in [-0.39, 0.29) is 5.91 Å². The van der Waals surface area contributed by atoms with Gasteiger partial charge in [0.15, 0.2) is 5.13 Å². The minimum absolute atomic E-state index is 0.174. The van der Waals surface area contributed by atoms with Crippen LogP contribution in [0.2, 0.25) is 0 Å². The van der Waals surface area contributed by atoms with Crippen LogP contribution in [0.1, 0.15) is 22.5 Å². The van der Waals surface area contributed by atoms with Crippen LogP contribution in [0.25, 0.3) is 0 Å². The van der Waals surface area contributed by atoms with Crippen LogP contribution in [0.3, 0.4) is 0 Å². The third kappa shape index (κ3) is 5.68. The maximum atomic E-state index is 12.2. The van der Waals surface area contributed by atoms with E-state index in [1.165, 1.54) is 11.3 Å². The number of nitrogens with zero attached hydrogens (tertiary/aromatic N) is 2. The lowest BCUT2D eigenvalue weighted by molar-refractivity contribution is 0.0949. The summed E-state index contributed by atoms with van der Waals surface area (Å²) in [5.74, 6) is 1.45. The molecule has 28 heavy (non-hydrogen) atoms. The second kappa shape index (κ2) is 9.70. The van der Waals surface area contributed by atoms with Crippen molar-refractivity contribution in [1.29, 1.82) is 0 Å². The number of amides is 1. The number of hydrogen-bond acceptors (Lipinski definition) is 7. The van der Waals surface area contributed by atoms with Crippen LogP contribution in [-0.2, 0) is 0 Å². The summed E-state index contributed by atoms with van der Waals surface area (Å²) in [5, 5.41) is 11.7. The Morgan fingerprint density at radius 3 is 2.68 bits per heavy atom. The highest BCUT2D eigenvalue weighted by Gasteiger charge is 2.10. The minimum Gasteiger partial charge on any atom is -0.497 e. The first-order valence-corrected chi connectivity index (χ1v) is 9.83. The van der Waals surface area contributed by atoms with E-state index < -0.39 is 0 Å². The quantitative estimate of drug-likeness (QED) is 0.476. The van der Waals surface area contributed by atoms with Crippen molar-refractivity contribution < 1.29 is 9.53 Å². The Kier molecular flexibility index (Phi) is 6.80. The van der Waals surface area contributed by atoms with Crippen LogP contribution < -0.4 is 20.7 Å². The molecule has 1 aromatic carbocycles. The second-order valence-corrected chi connectivity index (χ2v) is 7.01. The number of rotatable bonds is 9. The molecule has 8 heteroatoms. The van der Waals surface area contributed by atoms with Crippen LogP contribution in [0.15, 0.2) is 48.0 Å². The summed E-state index contributed by atoms with van der Waals surface area (Å²) >= 11 is 1.39. The largest absolute Gasteiger partial charge is 0.497 e. The predicted molar refractivity (Wildman–Crippen MR) is 113 cm³/mol. The summed E-state index contributed by atoms with van der Waals surface area (Å²) in [6.07, 6.45) is 2.62. The van der Waals surface area contributed by atoms with Crippen LogP contribution in [-0.4, -0.2) is 36.1 Å². The molecule has 7 nitrogen and oxygen atoms in total. The average Bonchev–Trinajstić information content (AvgIpc) is 3.18. The molecule has 146 valence electrons. The van der Waals surface area contributed by atoms with E-state index in [9.17, 15) is 4.79 Å². The van der Waals surface area contributed by atoms with Gasteiger partial charge in [0.2, 0.25) is 0 Å². The topological polar surface area (TPSA) is 88.2 Å². The van der Waals surface area contributed by atoms with Crippen LogP contribution in [0.4, 0.5) is 16.6 Å². The van der Waals surface area contributed by atoms with E-state index >= 15 is 0 Å². The van der Waals surface area contributed by atoms with Gasteiger partial charge in [-0.1, -0.05) is 6.07 Å². The number of aromatic nitrogens is 2. The van der Waals surface area contributed by atoms with Crippen molar-refractivity contribution in [2.75, 3.05) is 30.8 Å². The van der Waals surface area contributed by atoms with Crippen molar-refractivity contribution in [1.82, 2.24) is 15.3 Å². The number of pyridine rings is 1. The molecular weight excluding hydrogens is 374 g/mol. The van der Waals surface area contributed by atoms with Gasteiger partial charge in [-0.2, -0.15) is 0 Å². The van der Waals surface area contributed by atoms with Gasteiger partial charge in [0, 0.05) is 30.4 Å². The fourth-order valence-electron chi connectivity index (χ4n) is 2.40. The summed E-state index contributed by atoms with van der Waals surface area (Å²) in [4.78, 5) is 20.8. The van der Waals surface area contributed by atoms with Crippen molar-refractivity contribution in [2.24, 2.45) is 0 Å². The first kappa shape index (κ1) is 19.6. The molecule has 2 heterocycles. The summed E-state index contributed by atoms with van der Waals surface area (Å²) in [6.45, 7) is 3.30. The predicted octanol–water partition coefficient (Wildman–Crippen LogP) is 3.83. The van der Waals surface area contributed by atoms with Crippen LogP contribution in [0.5, 0.6) is 5.75 Å². The number of ether oxygens (including phenoxy) is 1. The van der Waals surface area contributed by atoms with Crippen molar-refractivity contribution in [3.8, 4) is 5.75 Å². The van der Waals surface area contributed by atoms with Gasteiger partial charge >= 0.3 is 0 Å². The molecule has 0 aliphatic heterocycles. The zero-order valence-electron chi connectivity index (χ0n) is 15.9. The molecule has 1 amide bonds. The molecule has 0 atom stereocenters. The van der Waals surface area contributed by atoms with Gasteiger partial charge in [0.25, 0.3) is 5.91 Å². The number of benzene rings is 1. The molecule has 3 aromatic rings. The van der Waals surface area contributed by atoms with Crippen molar-refractivity contribution in [3.05, 3.63) is 59.2 Å². The van der Waals surface area contributed by atoms with Gasteiger partial charge < -0.3 is 20.7 Å². The third-order valence-corrected chi connectivity index (χ3v) is 4.69. The van der Waals surface area contributed by atoms with Gasteiger partial charge in [0.05, 0.1) is 7.11 Å². The summed E-state index contributed by atoms with van der Waals surface area (Å²) in [5.41, 5.74) is 2.42. The smallest absolute Gasteiger partial charge is 0.270 e. The highest BCUT2D eigenvalue weighted by atomic mass is 32.1. The number of nitrogens with one attached hydrogen (secondary N) is 3. The summed E-state index contributed by atoms with van der Waals surface area (Å²) < 4.78 is 5.14. The number of thiazole rings is 1. The van der Waals surface area contributed by atoms with Crippen LogP contribution in [0, 0.1) is 6.92 Å². The third-order valence-electron chi connectivity index (χ3n) is 3.93. The second-order valence-electron chi connectivity index (χ2n) is 6.15. The molecule has 0 unspecified atom stereocenters. The zero-order valence-corrected chi connectivity index (χ0v) is 16.7. The standard InChI is InChI=1S/C20H23N5O2S/c1-14-4-9-18(23-12-14)21-10-3-11-22-19(26)17-13-28-20(25-17)24-15-5-7-16(27-2)8-6-15/h4-9,12-13H,3,10-11H2,1-2H3,(H,21,23)(H,22,26)(H,24,25). The van der Waals surface area contributed by atoms with Crippen molar-refractivity contribution in [3.63, 3.8) is 0 Å². The number of carbonyl (C=O) groups is 1. The number of hydrogen-bond donors (Lipinski definition) is 3. The molecule has 2 aromatic heterocycles. The lowest BCUT2D eigenvalue weighted by Crippen LogP contribution is -2.26. The highest BCUT2D eigenvalue weighted by molar-refractivity contribution is 7.14. The molecule has 0 bridgehead atoms. The first-order valence-electron chi connectivity index (χ1n) is 8.95. The molecule has 0 aliphatic rings. The number of aryl methyl sites for hydroxylation is 1. The van der Waals surface area contributed by atoms with E-state index in [4.69, 9.17) is 4.74 Å². The lowest BCUT2D eigenvalue weighted by Gasteiger charge is -2.06. The van der Waals surface area contributed by atoms with Crippen molar-refractivity contribution in [2.45, 2.75) is 13.3 Å². The minimum atomic E-state index is -0.174. The molecule has 0 aliphatic carbocycles. The Bertz CT molecular complexity index is 894. The van der Waals surface area contributed by atoms with Gasteiger partial charge in [-0.25, -0.2) is 9.97 Å². The molecule has 0 saturated carbocycles. The maximum absolute atomic E-state index is 12.2. The average molecular weight is 398 g/mol. The van der Waals surface area contributed by atoms with Gasteiger partial charge in [-0.3, -0.25) is 4.79 Å². The summed E-state index contributed by atoms with van der Waals surface area (Å²) in [7, 11) is 1.63. The zero-order chi connectivity index (χ0) is 19.8. The lowest BCUT2D eigenvalue weighted by atomic mass is 10.3. The van der Waals surface area contributed by atoms with E-state index in [1.807, 2.05) is 49.5 Å². The number of carbonyl (C=O) groups excluding carboxylic acids is 1. The monoisotopic (exact) mass is 397 g/mol. The summed E-state index contributed by atoms with van der Waals surface area (Å²) in [6, 6.07) is 11.5. The SMILES string of the molecule is COc1ccc(Nc2nc(C(=O)NCCCNc3ccc(C)cn3)cs2)cc1. The number of anilines is 3. The maximum Gasteiger partial charge on any atom is 0.270 e. The number of methoxy groups -OCH3 is 1. The molecule has 3 rings (SSSR count). The van der Waals surface area contributed by atoms with Gasteiger partial charge in [-0.05, 0) is 49.2 Å². The Labute approximate surface area is 168 Å². The van der Waals surface area contributed by atoms with E-state index in [2.05, 4.69) is 25.9 Å². The molecule has 3 N–H and O–H groups in total. The molecule has 0 radical (unpaired) electrons. The molecule has 0 fully saturated rings. The van der Waals surface area contributed by atoms with Gasteiger partial charge in [0.1, 0.15) is 17.3 Å². The molecule has 0 spiro atoms. The van der Waals surface area contributed by atoms with E-state index in [0.29, 0.717) is 17.4 Å². The molecular formula is C20H23N5O2S. The van der Waals surface area contributed by atoms with Crippen molar-refractivity contribution >= 4 is 33.9 Å². The normalized spacial score (nSPS) is 10.4. The Morgan fingerprint density at radius 2 is 1.96 bits per heavy atom. The first-order chi connectivity index (χ1) is 13.6. The Balaban J connectivity index is 1.40. The van der Waals surface area contributed by atoms with Gasteiger partial charge in [-0.15, -0.1) is 11.3 Å². The van der Waals surface area contributed by atoms with Crippen LogP contribution >= 0.6 is 11.3 Å². The highest BCUT2D eigenvalue weighted by Crippen LogP contribution is 2.22. The fraction of sp³-hybridized carbons (Fsp3) is 0.250.